The number of alkyl halides is 3. The summed E-state index contributed by atoms with van der Waals surface area (Å²) in [7, 11) is 1.62. The van der Waals surface area contributed by atoms with Gasteiger partial charge in [-0.1, -0.05) is 119 Å². The summed E-state index contributed by atoms with van der Waals surface area (Å²) in [6.07, 6.45) is 16.3. The van der Waals surface area contributed by atoms with Crippen molar-refractivity contribution in [2.75, 3.05) is 7.05 Å². The average molecular weight is 616 g/mol. The van der Waals surface area contributed by atoms with Gasteiger partial charge in [-0.25, -0.2) is 0 Å². The molecule has 6 heteroatoms. The zero-order chi connectivity index (χ0) is 33.1. The molecule has 0 aliphatic heterocycles. The first-order valence-corrected chi connectivity index (χ1v) is 16.1. The summed E-state index contributed by atoms with van der Waals surface area (Å²) >= 11 is 0.233. The number of aliphatic imine (C=N–C) groups is 1. The minimum Gasteiger partial charge on any atom is -0.295 e. The number of halogens is 4. The monoisotopic (exact) mass is 615 g/mol. The Morgan fingerprint density at radius 3 is 1.90 bits per heavy atom. The van der Waals surface area contributed by atoms with Crippen molar-refractivity contribution in [2.24, 2.45) is 22.7 Å². The highest BCUT2D eigenvalue weighted by Gasteiger charge is 2.41. The van der Waals surface area contributed by atoms with Crippen molar-refractivity contribution >= 4 is 18.4 Å². The summed E-state index contributed by atoms with van der Waals surface area (Å²) in [6, 6.07) is 0. The van der Waals surface area contributed by atoms with Crippen LogP contribution in [0, 0.1) is 17.8 Å². The Kier molecular flexibility index (Phi) is 29.7. The van der Waals surface area contributed by atoms with Crippen LogP contribution in [0.25, 0.3) is 0 Å². The Balaban J connectivity index is -0.000000489. The molecule has 0 N–H and O–H groups in total. The molecule has 2 atom stereocenters. The molecule has 1 fully saturated rings. The fourth-order valence-corrected chi connectivity index (χ4v) is 4.68. The lowest BCUT2D eigenvalue weighted by molar-refractivity contribution is -0.185. The van der Waals surface area contributed by atoms with Crippen molar-refractivity contribution in [3.8, 4) is 0 Å². The van der Waals surface area contributed by atoms with Gasteiger partial charge in [-0.05, 0) is 78.6 Å². The molecule has 0 radical (unpaired) electrons. The maximum atomic E-state index is 12.1. The third-order valence-corrected chi connectivity index (χ3v) is 7.40. The second-order valence-electron chi connectivity index (χ2n) is 11.2. The van der Waals surface area contributed by atoms with Gasteiger partial charge in [0.1, 0.15) is 0 Å². The fraction of sp³-hybridized carbons (Fsp3) is 0.639. The lowest BCUT2D eigenvalue weighted by Gasteiger charge is -2.28. The molecule has 0 amide bonds. The molecule has 1 saturated carbocycles. The van der Waals surface area contributed by atoms with E-state index >= 15 is 0 Å². The van der Waals surface area contributed by atoms with E-state index < -0.39 is 12.1 Å². The van der Waals surface area contributed by atoms with Gasteiger partial charge in [-0.15, -0.1) is 0 Å². The molecule has 2 unspecified atom stereocenters. The molecule has 1 aliphatic rings. The molecule has 42 heavy (non-hydrogen) atoms. The van der Waals surface area contributed by atoms with Gasteiger partial charge in [0.2, 0.25) is 0 Å². The van der Waals surface area contributed by atoms with Crippen molar-refractivity contribution in [1.82, 2.24) is 0 Å². The third-order valence-electron chi connectivity index (χ3n) is 6.72. The van der Waals surface area contributed by atoms with Gasteiger partial charge in [-0.2, -0.15) is 17.1 Å². The topological polar surface area (TPSA) is 12.4 Å². The standard InChI is InChI=1S/C13H24.C9H14.C8H13F3.C6H10FNS/c1-6-8-13(9-7-2)12(5)10-11(3)4;1-4-7-8-9(5-2)6-3;1-6-3-2-4-7(5-6)8(9,10)11;1-5(2)6(9-7)4-8-3/h10,13H,5-9H2,1-4H3;4-5,7-8H,1,6H2,2-3H3;6-7H,2-5H2,1H3;4H,1-3H3/b;8-7-,9-5-;;. The molecule has 0 bridgehead atoms. The number of rotatable bonds is 11. The van der Waals surface area contributed by atoms with E-state index in [-0.39, 0.29) is 18.1 Å². The number of hydrogen-bond acceptors (Lipinski definition) is 2. The maximum Gasteiger partial charge on any atom is 0.391 e. The van der Waals surface area contributed by atoms with E-state index in [9.17, 15) is 17.1 Å². The van der Waals surface area contributed by atoms with Gasteiger partial charge in [0.15, 0.2) is 0 Å². The minimum atomic E-state index is -3.95. The Labute approximate surface area is 261 Å². The van der Waals surface area contributed by atoms with Gasteiger partial charge in [0.05, 0.1) is 23.0 Å². The summed E-state index contributed by atoms with van der Waals surface area (Å²) in [5.74, 6) is -0.0495. The minimum absolute atomic E-state index is 0.233. The molecule has 0 heterocycles. The van der Waals surface area contributed by atoms with Crippen molar-refractivity contribution in [1.29, 1.82) is 0 Å². The van der Waals surface area contributed by atoms with E-state index in [1.165, 1.54) is 48.6 Å². The molecular weight excluding hydrogens is 554 g/mol. The number of allylic oxidation sites excluding steroid dienone is 10. The van der Waals surface area contributed by atoms with Crippen molar-refractivity contribution in [2.45, 2.75) is 126 Å². The zero-order valence-electron chi connectivity index (χ0n) is 28.3. The smallest absolute Gasteiger partial charge is 0.295 e. The molecular formula is C36H61F4NS. The van der Waals surface area contributed by atoms with Gasteiger partial charge in [-0.3, -0.25) is 4.99 Å². The van der Waals surface area contributed by atoms with Crippen molar-refractivity contribution in [3.05, 3.63) is 70.7 Å². The first kappa shape index (κ1) is 44.6. The highest BCUT2D eigenvalue weighted by Crippen LogP contribution is 2.39. The first-order chi connectivity index (χ1) is 19.7. The Bertz CT molecular complexity index is 848. The number of hydrogen-bond donors (Lipinski definition) is 0. The second-order valence-corrected chi connectivity index (χ2v) is 11.8. The highest BCUT2D eigenvalue weighted by molar-refractivity contribution is 7.99. The second kappa shape index (κ2) is 28.0. The summed E-state index contributed by atoms with van der Waals surface area (Å²) in [4.78, 5) is 4.28. The maximum absolute atomic E-state index is 12.1. The predicted octanol–water partition coefficient (Wildman–Crippen LogP) is 13.8. The zero-order valence-corrected chi connectivity index (χ0v) is 29.2. The molecule has 0 aromatic rings. The molecule has 0 aromatic heterocycles. The van der Waals surface area contributed by atoms with Crippen LogP contribution in [0.1, 0.15) is 120 Å². The lowest BCUT2D eigenvalue weighted by Crippen LogP contribution is -2.27. The van der Waals surface area contributed by atoms with Crippen LogP contribution >= 0.6 is 12.1 Å². The fourth-order valence-electron chi connectivity index (χ4n) is 4.39. The Morgan fingerprint density at radius 1 is 1.05 bits per heavy atom. The third kappa shape index (κ3) is 25.9. The van der Waals surface area contributed by atoms with E-state index in [0.29, 0.717) is 23.7 Å². The van der Waals surface area contributed by atoms with Crippen LogP contribution in [0.5, 0.6) is 0 Å². The molecule has 0 aromatic carbocycles. The van der Waals surface area contributed by atoms with Gasteiger partial charge in [0, 0.05) is 13.3 Å². The first-order valence-electron chi connectivity index (χ1n) is 15.4. The predicted molar refractivity (Wildman–Crippen MR) is 184 cm³/mol. The van der Waals surface area contributed by atoms with Crippen LogP contribution in [-0.4, -0.2) is 19.4 Å². The molecule has 1 aliphatic carbocycles. The molecule has 1 rings (SSSR count). The molecule has 0 saturated heterocycles. The van der Waals surface area contributed by atoms with Crippen LogP contribution < -0.4 is 0 Å². The SMILES string of the molecule is C=C(C=C(C)C)C(CCC)CCC.C=C/C=C\C(=C/C)CC.CC1CCCC(C(F)(F)F)C1.CN=CC(SF)=C(C)C. The van der Waals surface area contributed by atoms with Gasteiger partial charge < -0.3 is 0 Å². The van der Waals surface area contributed by atoms with Crippen LogP contribution in [0.15, 0.2) is 75.7 Å². The van der Waals surface area contributed by atoms with Gasteiger partial charge in [0.25, 0.3) is 0 Å². The van der Waals surface area contributed by atoms with E-state index in [4.69, 9.17) is 0 Å². The van der Waals surface area contributed by atoms with Gasteiger partial charge >= 0.3 is 6.18 Å². The molecule has 1 nitrogen and oxygen atoms in total. The largest absolute Gasteiger partial charge is 0.391 e. The average Bonchev–Trinajstić information content (AvgIpc) is 2.92. The van der Waals surface area contributed by atoms with E-state index in [0.717, 1.165) is 24.8 Å². The normalized spacial score (nSPS) is 16.9. The molecule has 0 spiro atoms. The highest BCUT2D eigenvalue weighted by atomic mass is 32.2. The number of nitrogens with zero attached hydrogens (tertiary/aromatic N) is 1. The Hall–Kier alpha value is -1.82. The van der Waals surface area contributed by atoms with Crippen LogP contribution in [0.3, 0.4) is 0 Å². The molecule has 244 valence electrons. The lowest BCUT2D eigenvalue weighted by atomic mass is 9.82. The summed E-state index contributed by atoms with van der Waals surface area (Å²) in [5, 5.41) is 0. The van der Waals surface area contributed by atoms with Crippen LogP contribution in [0.4, 0.5) is 17.1 Å². The summed E-state index contributed by atoms with van der Waals surface area (Å²) in [5.41, 5.74) is 4.99. The summed E-state index contributed by atoms with van der Waals surface area (Å²) < 4.78 is 48.2. The van der Waals surface area contributed by atoms with Crippen molar-refractivity contribution < 1.29 is 17.1 Å². The van der Waals surface area contributed by atoms with Crippen LogP contribution in [-0.2, 0) is 0 Å². The van der Waals surface area contributed by atoms with E-state index in [2.05, 4.69) is 71.0 Å². The summed E-state index contributed by atoms with van der Waals surface area (Å²) in [6.45, 7) is 26.3. The Morgan fingerprint density at radius 2 is 1.62 bits per heavy atom. The van der Waals surface area contributed by atoms with Crippen LogP contribution in [0.2, 0.25) is 0 Å². The van der Waals surface area contributed by atoms with Crippen molar-refractivity contribution in [3.63, 3.8) is 0 Å². The van der Waals surface area contributed by atoms with E-state index in [1.54, 1.807) is 13.1 Å². The van der Waals surface area contributed by atoms with E-state index in [1.807, 2.05) is 33.8 Å². The quantitative estimate of drug-likeness (QED) is 0.128.